The molecule has 2 N–H and O–H groups in total. The van der Waals surface area contributed by atoms with Crippen LogP contribution in [0.25, 0.3) is 0 Å². The molecule has 174 valence electrons. The summed E-state index contributed by atoms with van der Waals surface area (Å²) < 4.78 is 5.49. The van der Waals surface area contributed by atoms with Crippen molar-refractivity contribution >= 4 is 28.2 Å². The second-order valence-corrected chi connectivity index (χ2v) is 9.40. The summed E-state index contributed by atoms with van der Waals surface area (Å²) >= 11 is 1.57. The highest BCUT2D eigenvalue weighted by Gasteiger charge is 2.26. The number of aryl methyl sites for hydroxylation is 3. The average Bonchev–Trinajstić information content (AvgIpc) is 3.10. The number of hydrogen-bond acceptors (Lipinski definition) is 6. The molecule has 0 bridgehead atoms. The molecule has 4 rings (SSSR count). The van der Waals surface area contributed by atoms with E-state index in [4.69, 9.17) is 4.74 Å². The molecule has 0 aliphatic rings. The number of ether oxygens (including phenoxy) is 1. The minimum absolute atomic E-state index is 0.143. The van der Waals surface area contributed by atoms with Gasteiger partial charge >= 0.3 is 0 Å². The number of nitrogens with one attached hydrogen (secondary N) is 2. The molecule has 0 saturated carbocycles. The maximum atomic E-state index is 13.0. The van der Waals surface area contributed by atoms with Gasteiger partial charge in [-0.25, -0.2) is 9.97 Å². The zero-order valence-corrected chi connectivity index (χ0v) is 20.8. The molecule has 4 aromatic rings. The lowest BCUT2D eigenvalue weighted by atomic mass is 9.96. The Morgan fingerprint density at radius 1 is 0.941 bits per heavy atom. The summed E-state index contributed by atoms with van der Waals surface area (Å²) in [5.41, 5.74) is 5.46. The molecule has 0 saturated heterocycles. The van der Waals surface area contributed by atoms with Crippen molar-refractivity contribution in [2.75, 3.05) is 17.7 Å². The monoisotopic (exact) mass is 472 g/mol. The minimum atomic E-state index is -0.299. The Kier molecular flexibility index (Phi) is 6.93. The zero-order chi connectivity index (χ0) is 24.2. The zero-order valence-electron chi connectivity index (χ0n) is 20.0. The Morgan fingerprint density at radius 2 is 1.65 bits per heavy atom. The van der Waals surface area contributed by atoms with E-state index in [1.165, 1.54) is 0 Å². The predicted octanol–water partition coefficient (Wildman–Crippen LogP) is 6.23. The summed E-state index contributed by atoms with van der Waals surface area (Å²) in [5, 5.41) is 7.47. The SMILES string of the molecule is COc1cccc([C@H](Nc2nc(C)cc(C)n2)c2c(NC(=O)c3ccccc3)sc(C)c2C)c1. The van der Waals surface area contributed by atoms with E-state index in [9.17, 15) is 4.79 Å². The molecule has 1 atom stereocenters. The van der Waals surface area contributed by atoms with Crippen molar-refractivity contribution in [3.8, 4) is 5.75 Å². The average molecular weight is 473 g/mol. The van der Waals surface area contributed by atoms with E-state index < -0.39 is 0 Å². The highest BCUT2D eigenvalue weighted by molar-refractivity contribution is 7.16. The first kappa shape index (κ1) is 23.4. The quantitative estimate of drug-likeness (QED) is 0.333. The van der Waals surface area contributed by atoms with Gasteiger partial charge in [0.25, 0.3) is 5.91 Å². The van der Waals surface area contributed by atoms with Crippen LogP contribution in [-0.4, -0.2) is 23.0 Å². The molecule has 0 aliphatic carbocycles. The summed E-state index contributed by atoms with van der Waals surface area (Å²) in [4.78, 5) is 23.4. The fourth-order valence-corrected chi connectivity index (χ4v) is 5.01. The lowest BCUT2D eigenvalue weighted by Gasteiger charge is -2.22. The maximum absolute atomic E-state index is 13.0. The van der Waals surface area contributed by atoms with Gasteiger partial charge in [-0.1, -0.05) is 30.3 Å². The van der Waals surface area contributed by atoms with Crippen molar-refractivity contribution in [3.63, 3.8) is 0 Å². The van der Waals surface area contributed by atoms with Crippen LogP contribution in [-0.2, 0) is 0 Å². The van der Waals surface area contributed by atoms with Crippen molar-refractivity contribution in [3.05, 3.63) is 99.2 Å². The largest absolute Gasteiger partial charge is 0.497 e. The van der Waals surface area contributed by atoms with Gasteiger partial charge in [0.2, 0.25) is 5.95 Å². The number of benzene rings is 2. The lowest BCUT2D eigenvalue weighted by Crippen LogP contribution is -2.19. The molecule has 2 aromatic heterocycles. The standard InChI is InChI=1S/C27H28N4O2S/c1-16-14-17(2)29-27(28-16)30-24(21-12-9-13-22(15-21)33-5)23-18(3)19(4)34-26(23)31-25(32)20-10-7-6-8-11-20/h6-15,24H,1-5H3,(H,31,32)(H,28,29,30)/t24-/m0/s1. The molecule has 34 heavy (non-hydrogen) atoms. The van der Waals surface area contributed by atoms with Gasteiger partial charge in [-0.15, -0.1) is 11.3 Å². The molecular weight excluding hydrogens is 444 g/mol. The Bertz CT molecular complexity index is 1300. The van der Waals surface area contributed by atoms with Crippen LogP contribution >= 0.6 is 11.3 Å². The van der Waals surface area contributed by atoms with E-state index in [0.29, 0.717) is 11.5 Å². The van der Waals surface area contributed by atoms with Gasteiger partial charge in [-0.2, -0.15) is 0 Å². The van der Waals surface area contributed by atoms with E-state index in [0.717, 1.165) is 43.7 Å². The van der Waals surface area contributed by atoms with E-state index >= 15 is 0 Å². The highest BCUT2D eigenvalue weighted by Crippen LogP contribution is 2.41. The summed E-state index contributed by atoms with van der Waals surface area (Å²) in [6.45, 7) is 8.05. The number of amides is 1. The topological polar surface area (TPSA) is 76.1 Å². The van der Waals surface area contributed by atoms with Gasteiger partial charge < -0.3 is 15.4 Å². The van der Waals surface area contributed by atoms with Crippen molar-refractivity contribution < 1.29 is 9.53 Å². The van der Waals surface area contributed by atoms with Gasteiger partial charge in [-0.3, -0.25) is 4.79 Å². The number of thiophene rings is 1. The van der Waals surface area contributed by atoms with Gasteiger partial charge in [-0.05, 0) is 69.2 Å². The van der Waals surface area contributed by atoms with E-state index in [-0.39, 0.29) is 11.9 Å². The van der Waals surface area contributed by atoms with Crippen molar-refractivity contribution in [2.45, 2.75) is 33.7 Å². The smallest absolute Gasteiger partial charge is 0.256 e. The molecule has 0 aliphatic heterocycles. The molecular formula is C27H28N4O2S. The molecule has 2 aromatic carbocycles. The second-order valence-electron chi connectivity index (χ2n) is 8.17. The van der Waals surface area contributed by atoms with E-state index in [1.54, 1.807) is 18.4 Å². The molecule has 0 spiro atoms. The number of hydrogen-bond donors (Lipinski definition) is 2. The third-order valence-electron chi connectivity index (χ3n) is 5.67. The molecule has 0 fully saturated rings. The Labute approximate surface area is 204 Å². The summed E-state index contributed by atoms with van der Waals surface area (Å²) in [7, 11) is 1.65. The van der Waals surface area contributed by atoms with Crippen LogP contribution in [0.4, 0.5) is 10.9 Å². The molecule has 2 heterocycles. The maximum Gasteiger partial charge on any atom is 0.256 e. The van der Waals surface area contributed by atoms with Crippen molar-refractivity contribution in [2.24, 2.45) is 0 Å². The number of anilines is 2. The van der Waals surface area contributed by atoms with Gasteiger partial charge in [0.15, 0.2) is 0 Å². The second kappa shape index (κ2) is 10.1. The first-order valence-corrected chi connectivity index (χ1v) is 11.9. The normalized spacial score (nSPS) is 11.7. The van der Waals surface area contributed by atoms with Crippen LogP contribution in [0.15, 0.2) is 60.7 Å². The Balaban J connectivity index is 1.81. The number of aromatic nitrogens is 2. The number of carbonyl (C=O) groups excluding carboxylic acids is 1. The molecule has 1 amide bonds. The predicted molar refractivity (Wildman–Crippen MR) is 138 cm³/mol. The number of nitrogens with zero attached hydrogens (tertiary/aromatic N) is 2. The van der Waals surface area contributed by atoms with Crippen LogP contribution < -0.4 is 15.4 Å². The van der Waals surface area contributed by atoms with Gasteiger partial charge in [0, 0.05) is 27.4 Å². The van der Waals surface area contributed by atoms with Crippen LogP contribution in [0.1, 0.15) is 49.4 Å². The lowest BCUT2D eigenvalue weighted by molar-refractivity contribution is 0.102. The summed E-state index contributed by atoms with van der Waals surface area (Å²) in [6.07, 6.45) is 0. The first-order valence-electron chi connectivity index (χ1n) is 11.0. The van der Waals surface area contributed by atoms with Crippen LogP contribution in [0.3, 0.4) is 0 Å². The Morgan fingerprint density at radius 3 is 2.32 bits per heavy atom. The number of carbonyl (C=O) groups is 1. The van der Waals surface area contributed by atoms with E-state index in [1.807, 2.05) is 74.5 Å². The van der Waals surface area contributed by atoms with Crippen molar-refractivity contribution in [1.82, 2.24) is 9.97 Å². The third-order valence-corrected chi connectivity index (χ3v) is 6.80. The minimum Gasteiger partial charge on any atom is -0.497 e. The van der Waals surface area contributed by atoms with Crippen LogP contribution in [0.2, 0.25) is 0 Å². The van der Waals surface area contributed by atoms with Crippen LogP contribution in [0, 0.1) is 27.7 Å². The summed E-state index contributed by atoms with van der Waals surface area (Å²) in [5.74, 6) is 1.15. The Hall–Kier alpha value is -3.71. The molecule has 0 radical (unpaired) electrons. The van der Waals surface area contributed by atoms with Gasteiger partial charge in [0.1, 0.15) is 10.8 Å². The molecule has 7 heteroatoms. The molecule has 0 unspecified atom stereocenters. The fourth-order valence-electron chi connectivity index (χ4n) is 3.91. The molecule has 6 nitrogen and oxygen atoms in total. The van der Waals surface area contributed by atoms with Crippen molar-refractivity contribution in [1.29, 1.82) is 0 Å². The first-order chi connectivity index (χ1) is 16.4. The number of rotatable bonds is 7. The highest BCUT2D eigenvalue weighted by atomic mass is 32.1. The third kappa shape index (κ3) is 5.10. The fraction of sp³-hybridized carbons (Fsp3) is 0.222. The van der Waals surface area contributed by atoms with Crippen LogP contribution in [0.5, 0.6) is 5.75 Å². The number of methoxy groups -OCH3 is 1. The summed E-state index contributed by atoms with van der Waals surface area (Å²) in [6, 6.07) is 18.8. The van der Waals surface area contributed by atoms with E-state index in [2.05, 4.69) is 34.4 Å². The van der Waals surface area contributed by atoms with Gasteiger partial charge in [0.05, 0.1) is 13.2 Å².